The van der Waals surface area contributed by atoms with E-state index in [1.807, 2.05) is 13.8 Å². The van der Waals surface area contributed by atoms with Crippen LogP contribution in [0.1, 0.15) is 26.3 Å². The van der Waals surface area contributed by atoms with Crippen molar-refractivity contribution < 1.29 is 18.0 Å². The Morgan fingerprint density at radius 1 is 0.921 bits per heavy atom. The standard InChI is InChI=1S/C27H28BrCl2N3O4S/c1-18(2)31-27(35)19(3)32(16-20-12-13-24(29)25(30)14-20)26(34)17-33(22-9-7-8-21(28)15-22)38(36,37)23-10-5-4-6-11-23/h4-15,18-19H,16-17H2,1-3H3,(H,31,35). The van der Waals surface area contributed by atoms with Crippen molar-refractivity contribution in [3.05, 3.63) is 92.9 Å². The second-order valence-electron chi connectivity index (χ2n) is 8.91. The van der Waals surface area contributed by atoms with Gasteiger partial charge in [-0.2, -0.15) is 0 Å². The maximum Gasteiger partial charge on any atom is 0.264 e. The van der Waals surface area contributed by atoms with Crippen LogP contribution >= 0.6 is 39.1 Å². The summed E-state index contributed by atoms with van der Waals surface area (Å²) in [6.45, 7) is 4.71. The third-order valence-electron chi connectivity index (χ3n) is 5.64. The molecule has 0 saturated heterocycles. The van der Waals surface area contributed by atoms with Gasteiger partial charge >= 0.3 is 0 Å². The van der Waals surface area contributed by atoms with Crippen LogP contribution in [0.15, 0.2) is 82.2 Å². The molecule has 0 saturated carbocycles. The summed E-state index contributed by atoms with van der Waals surface area (Å²) in [7, 11) is -4.12. The number of amides is 2. The van der Waals surface area contributed by atoms with Crippen LogP contribution in [-0.2, 0) is 26.2 Å². The first-order valence-corrected chi connectivity index (χ1v) is 14.8. The van der Waals surface area contributed by atoms with Crippen LogP contribution in [0, 0.1) is 0 Å². The molecule has 11 heteroatoms. The summed E-state index contributed by atoms with van der Waals surface area (Å²) in [6, 6.07) is 18.4. The molecule has 0 radical (unpaired) electrons. The van der Waals surface area contributed by atoms with Crippen LogP contribution in [0.5, 0.6) is 0 Å². The molecule has 0 aromatic heterocycles. The molecule has 0 spiro atoms. The fourth-order valence-corrected chi connectivity index (χ4v) is 5.84. The lowest BCUT2D eigenvalue weighted by Gasteiger charge is -2.32. The van der Waals surface area contributed by atoms with Gasteiger partial charge in [0.15, 0.2) is 0 Å². The summed E-state index contributed by atoms with van der Waals surface area (Å²) >= 11 is 15.6. The molecule has 0 bridgehead atoms. The Hall–Kier alpha value is -2.59. The minimum absolute atomic E-state index is 0.0140. The molecule has 0 aliphatic carbocycles. The number of carbonyl (C=O) groups excluding carboxylic acids is 2. The average Bonchev–Trinajstić information content (AvgIpc) is 2.87. The van der Waals surface area contributed by atoms with Crippen molar-refractivity contribution in [3.63, 3.8) is 0 Å². The Morgan fingerprint density at radius 2 is 1.61 bits per heavy atom. The maximum atomic E-state index is 13.8. The zero-order valence-electron chi connectivity index (χ0n) is 21.1. The van der Waals surface area contributed by atoms with Gasteiger partial charge in [-0.15, -0.1) is 0 Å². The summed E-state index contributed by atoms with van der Waals surface area (Å²) in [5.74, 6) is -0.935. The third-order valence-corrected chi connectivity index (χ3v) is 8.66. The van der Waals surface area contributed by atoms with E-state index in [1.165, 1.54) is 17.0 Å². The SMILES string of the molecule is CC(C)NC(=O)C(C)N(Cc1ccc(Cl)c(Cl)c1)C(=O)CN(c1cccc(Br)c1)S(=O)(=O)c1ccccc1. The molecule has 1 atom stereocenters. The lowest BCUT2D eigenvalue weighted by Crippen LogP contribution is -2.52. The van der Waals surface area contributed by atoms with Gasteiger partial charge in [0, 0.05) is 17.1 Å². The van der Waals surface area contributed by atoms with Gasteiger partial charge in [-0.25, -0.2) is 8.42 Å². The Kier molecular flexibility index (Phi) is 10.2. The molecule has 1 N–H and O–H groups in total. The topological polar surface area (TPSA) is 86.8 Å². The Bertz CT molecular complexity index is 1400. The summed E-state index contributed by atoms with van der Waals surface area (Å²) in [5, 5.41) is 3.47. The number of benzene rings is 3. The van der Waals surface area contributed by atoms with E-state index in [-0.39, 0.29) is 23.4 Å². The van der Waals surface area contributed by atoms with E-state index in [9.17, 15) is 18.0 Å². The summed E-state index contributed by atoms with van der Waals surface area (Å²) in [5.41, 5.74) is 0.933. The summed E-state index contributed by atoms with van der Waals surface area (Å²) in [4.78, 5) is 28.2. The molecule has 3 aromatic carbocycles. The van der Waals surface area contributed by atoms with E-state index in [2.05, 4.69) is 21.2 Å². The zero-order chi connectivity index (χ0) is 28.0. The van der Waals surface area contributed by atoms with Crippen molar-refractivity contribution in [1.82, 2.24) is 10.2 Å². The molecule has 0 fully saturated rings. The highest BCUT2D eigenvalue weighted by Gasteiger charge is 2.32. The van der Waals surface area contributed by atoms with Gasteiger partial charge in [-0.1, -0.05) is 69.5 Å². The van der Waals surface area contributed by atoms with E-state index >= 15 is 0 Å². The number of hydrogen-bond acceptors (Lipinski definition) is 4. The second-order valence-corrected chi connectivity index (χ2v) is 12.5. The normalized spacial score (nSPS) is 12.2. The Balaban J connectivity index is 2.03. The molecule has 0 aliphatic heterocycles. The number of anilines is 1. The molecule has 0 heterocycles. The Labute approximate surface area is 241 Å². The van der Waals surface area contributed by atoms with Crippen LogP contribution in [0.25, 0.3) is 0 Å². The fraction of sp³-hybridized carbons (Fsp3) is 0.259. The first-order valence-electron chi connectivity index (χ1n) is 11.8. The predicted molar refractivity (Wildman–Crippen MR) is 155 cm³/mol. The van der Waals surface area contributed by atoms with Crippen LogP contribution in [0.4, 0.5) is 5.69 Å². The minimum Gasteiger partial charge on any atom is -0.352 e. The van der Waals surface area contributed by atoms with Crippen molar-refractivity contribution in [3.8, 4) is 0 Å². The highest BCUT2D eigenvalue weighted by Crippen LogP contribution is 2.28. The molecule has 3 rings (SSSR count). The molecule has 2 amide bonds. The highest BCUT2D eigenvalue weighted by molar-refractivity contribution is 9.10. The van der Waals surface area contributed by atoms with Crippen molar-refractivity contribution in [1.29, 1.82) is 0 Å². The van der Waals surface area contributed by atoms with Gasteiger partial charge in [0.2, 0.25) is 11.8 Å². The van der Waals surface area contributed by atoms with Gasteiger partial charge in [0.05, 0.1) is 20.6 Å². The molecular formula is C27H28BrCl2N3O4S. The van der Waals surface area contributed by atoms with Gasteiger partial charge in [-0.05, 0) is 68.8 Å². The minimum atomic E-state index is -4.12. The number of nitrogens with one attached hydrogen (secondary N) is 1. The molecule has 3 aromatic rings. The number of carbonyl (C=O) groups is 2. The van der Waals surface area contributed by atoms with Crippen LogP contribution in [-0.4, -0.2) is 43.8 Å². The highest BCUT2D eigenvalue weighted by atomic mass is 79.9. The van der Waals surface area contributed by atoms with Gasteiger partial charge in [0.25, 0.3) is 10.0 Å². The molecular weight excluding hydrogens is 613 g/mol. The first kappa shape index (κ1) is 30.0. The molecule has 38 heavy (non-hydrogen) atoms. The fourth-order valence-electron chi connectivity index (χ4n) is 3.70. The summed E-state index contributed by atoms with van der Waals surface area (Å²) in [6.07, 6.45) is 0. The van der Waals surface area contributed by atoms with Gasteiger partial charge in [0.1, 0.15) is 12.6 Å². The lowest BCUT2D eigenvalue weighted by molar-refractivity contribution is -0.139. The number of rotatable bonds is 10. The lowest BCUT2D eigenvalue weighted by atomic mass is 10.1. The molecule has 0 aliphatic rings. The number of halogens is 3. The zero-order valence-corrected chi connectivity index (χ0v) is 25.0. The van der Waals surface area contributed by atoms with E-state index in [4.69, 9.17) is 23.2 Å². The van der Waals surface area contributed by atoms with Gasteiger partial charge < -0.3 is 10.2 Å². The van der Waals surface area contributed by atoms with E-state index < -0.39 is 28.5 Å². The Morgan fingerprint density at radius 3 is 2.21 bits per heavy atom. The first-order chi connectivity index (χ1) is 17.9. The van der Waals surface area contributed by atoms with E-state index in [1.54, 1.807) is 67.6 Å². The smallest absolute Gasteiger partial charge is 0.264 e. The number of hydrogen-bond donors (Lipinski definition) is 1. The van der Waals surface area contributed by atoms with Gasteiger partial charge in [-0.3, -0.25) is 13.9 Å². The van der Waals surface area contributed by atoms with E-state index in [0.717, 1.165) is 4.31 Å². The average molecular weight is 641 g/mol. The molecule has 202 valence electrons. The number of nitrogens with zero attached hydrogens (tertiary/aromatic N) is 2. The molecule has 7 nitrogen and oxygen atoms in total. The third kappa shape index (κ3) is 7.50. The monoisotopic (exact) mass is 639 g/mol. The van der Waals surface area contributed by atoms with E-state index in [0.29, 0.717) is 25.8 Å². The predicted octanol–water partition coefficient (Wildman–Crippen LogP) is 5.89. The second kappa shape index (κ2) is 13.0. The van der Waals surface area contributed by atoms with Crippen LogP contribution in [0.3, 0.4) is 0 Å². The van der Waals surface area contributed by atoms with Crippen molar-refractivity contribution >= 4 is 66.7 Å². The number of sulfonamides is 1. The van der Waals surface area contributed by atoms with Crippen LogP contribution < -0.4 is 9.62 Å². The summed E-state index contributed by atoms with van der Waals surface area (Å²) < 4.78 is 29.1. The largest absolute Gasteiger partial charge is 0.352 e. The van der Waals surface area contributed by atoms with Crippen molar-refractivity contribution in [2.45, 2.75) is 44.3 Å². The van der Waals surface area contributed by atoms with Crippen LogP contribution in [0.2, 0.25) is 10.0 Å². The maximum absolute atomic E-state index is 13.8. The quantitative estimate of drug-likeness (QED) is 0.299. The van der Waals surface area contributed by atoms with Crippen molar-refractivity contribution in [2.75, 3.05) is 10.8 Å². The van der Waals surface area contributed by atoms with Crippen molar-refractivity contribution in [2.24, 2.45) is 0 Å². The molecule has 1 unspecified atom stereocenters.